The Bertz CT molecular complexity index is 909. The summed E-state index contributed by atoms with van der Waals surface area (Å²) in [4.78, 5) is 12.8. The van der Waals surface area contributed by atoms with Crippen molar-refractivity contribution in [2.75, 3.05) is 26.9 Å². The van der Waals surface area contributed by atoms with Gasteiger partial charge in [0.05, 0.1) is 13.7 Å². The Hall–Kier alpha value is -3.09. The maximum atomic E-state index is 12.8. The molecule has 0 saturated carbocycles. The molecule has 1 atom stereocenters. The van der Waals surface area contributed by atoms with Crippen molar-refractivity contribution in [1.82, 2.24) is 5.32 Å². The molecule has 154 valence electrons. The smallest absolute Gasteiger partial charge is 0.251 e. The largest absolute Gasteiger partial charge is 0.494 e. The van der Waals surface area contributed by atoms with Gasteiger partial charge >= 0.3 is 0 Å². The number of hydrogen-bond acceptors (Lipinski definition) is 6. The zero-order valence-electron chi connectivity index (χ0n) is 16.9. The Balaban J connectivity index is 1.54. The highest BCUT2D eigenvalue weighted by Crippen LogP contribution is 2.40. The first-order valence-electron chi connectivity index (χ1n) is 9.80. The Kier molecular flexibility index (Phi) is 5.38. The molecule has 0 saturated heterocycles. The molecule has 2 aromatic carbocycles. The lowest BCUT2D eigenvalue weighted by Crippen LogP contribution is -2.24. The van der Waals surface area contributed by atoms with Gasteiger partial charge in [-0.3, -0.25) is 4.79 Å². The average Bonchev–Trinajstić information content (AvgIpc) is 3.09. The van der Waals surface area contributed by atoms with Gasteiger partial charge in [-0.05, 0) is 38.1 Å². The van der Waals surface area contributed by atoms with E-state index in [2.05, 4.69) is 5.32 Å². The van der Waals surface area contributed by atoms with Crippen LogP contribution < -0.4 is 29.0 Å². The van der Waals surface area contributed by atoms with Crippen molar-refractivity contribution in [3.8, 4) is 28.7 Å². The molecule has 0 bridgehead atoms. The number of benzene rings is 2. The van der Waals surface area contributed by atoms with Crippen LogP contribution in [0.25, 0.3) is 0 Å². The summed E-state index contributed by atoms with van der Waals surface area (Å²) in [6.45, 7) is 5.74. The topological polar surface area (TPSA) is 75.3 Å². The third kappa shape index (κ3) is 3.90. The van der Waals surface area contributed by atoms with E-state index in [0.29, 0.717) is 49.2 Å². The monoisotopic (exact) mass is 399 g/mol. The molecule has 2 aliphatic rings. The predicted molar refractivity (Wildman–Crippen MR) is 107 cm³/mol. The van der Waals surface area contributed by atoms with Crippen molar-refractivity contribution in [3.05, 3.63) is 41.0 Å². The second-order valence-corrected chi connectivity index (χ2v) is 7.02. The number of amides is 1. The number of fused-ring (bicyclic) bond motifs is 2. The first kappa shape index (κ1) is 19.2. The van der Waals surface area contributed by atoms with Crippen LogP contribution in [0.2, 0.25) is 0 Å². The van der Waals surface area contributed by atoms with Crippen molar-refractivity contribution >= 4 is 5.91 Å². The number of methoxy groups -OCH3 is 1. The fourth-order valence-electron chi connectivity index (χ4n) is 3.59. The minimum absolute atomic E-state index is 0.148. The van der Waals surface area contributed by atoms with Gasteiger partial charge in [0.15, 0.2) is 11.5 Å². The number of nitrogens with one attached hydrogen (secondary N) is 1. The Morgan fingerprint density at radius 3 is 2.76 bits per heavy atom. The quantitative estimate of drug-likeness (QED) is 0.805. The molecule has 0 unspecified atom stereocenters. The van der Waals surface area contributed by atoms with E-state index in [9.17, 15) is 4.79 Å². The second-order valence-electron chi connectivity index (χ2n) is 7.02. The van der Waals surface area contributed by atoms with Gasteiger partial charge in [-0.1, -0.05) is 0 Å². The normalized spacial score (nSPS) is 16.6. The van der Waals surface area contributed by atoms with Gasteiger partial charge in [0.2, 0.25) is 5.75 Å². The van der Waals surface area contributed by atoms with Crippen molar-refractivity contribution in [3.63, 3.8) is 0 Å². The minimum atomic E-state index is -0.238. The molecule has 29 heavy (non-hydrogen) atoms. The van der Waals surface area contributed by atoms with Gasteiger partial charge in [-0.25, -0.2) is 0 Å². The van der Waals surface area contributed by atoms with E-state index in [1.165, 1.54) is 7.11 Å². The lowest BCUT2D eigenvalue weighted by atomic mass is 10.1. The molecule has 1 N–H and O–H groups in total. The predicted octanol–water partition coefficient (Wildman–Crippen LogP) is 3.12. The molecular weight excluding hydrogens is 374 g/mol. The van der Waals surface area contributed by atoms with E-state index in [1.807, 2.05) is 26.0 Å². The zero-order valence-corrected chi connectivity index (χ0v) is 16.9. The van der Waals surface area contributed by atoms with Crippen LogP contribution in [0.3, 0.4) is 0 Å². The van der Waals surface area contributed by atoms with Crippen molar-refractivity contribution in [1.29, 1.82) is 0 Å². The Morgan fingerprint density at radius 2 is 1.97 bits per heavy atom. The van der Waals surface area contributed by atoms with Gasteiger partial charge in [0, 0.05) is 29.7 Å². The van der Waals surface area contributed by atoms with Crippen molar-refractivity contribution in [2.24, 2.45) is 0 Å². The molecule has 7 heteroatoms. The molecule has 0 aliphatic carbocycles. The number of carbonyl (C=O) groups is 1. The van der Waals surface area contributed by atoms with E-state index in [4.69, 9.17) is 23.7 Å². The van der Waals surface area contributed by atoms with E-state index in [-0.39, 0.29) is 12.0 Å². The summed E-state index contributed by atoms with van der Waals surface area (Å²) >= 11 is 0. The van der Waals surface area contributed by atoms with Gasteiger partial charge < -0.3 is 29.0 Å². The fourth-order valence-corrected chi connectivity index (χ4v) is 3.59. The summed E-state index contributed by atoms with van der Waals surface area (Å²) < 4.78 is 28.2. The molecule has 7 nitrogen and oxygen atoms in total. The highest BCUT2D eigenvalue weighted by molar-refractivity contribution is 5.95. The summed E-state index contributed by atoms with van der Waals surface area (Å²) in [5, 5.41) is 2.95. The third-order valence-electron chi connectivity index (χ3n) is 4.91. The summed E-state index contributed by atoms with van der Waals surface area (Å²) in [6, 6.07) is 7.29. The van der Waals surface area contributed by atoms with Crippen molar-refractivity contribution in [2.45, 2.75) is 32.9 Å². The van der Waals surface area contributed by atoms with Gasteiger partial charge in [0.1, 0.15) is 30.8 Å². The summed E-state index contributed by atoms with van der Waals surface area (Å²) in [5.74, 6) is 2.89. The van der Waals surface area contributed by atoms with Crippen LogP contribution in [0.5, 0.6) is 28.7 Å². The second kappa shape index (κ2) is 8.11. The van der Waals surface area contributed by atoms with Crippen LogP contribution in [0.1, 0.15) is 35.3 Å². The Morgan fingerprint density at radius 1 is 1.14 bits per heavy atom. The van der Waals surface area contributed by atoms with Crippen LogP contribution >= 0.6 is 0 Å². The van der Waals surface area contributed by atoms with Crippen LogP contribution in [-0.2, 0) is 13.0 Å². The number of rotatable bonds is 6. The van der Waals surface area contributed by atoms with Crippen LogP contribution in [0.15, 0.2) is 24.3 Å². The number of ether oxygens (including phenoxy) is 5. The highest BCUT2D eigenvalue weighted by Gasteiger charge is 2.23. The third-order valence-corrected chi connectivity index (χ3v) is 4.91. The van der Waals surface area contributed by atoms with Gasteiger partial charge in [-0.2, -0.15) is 0 Å². The molecule has 0 spiro atoms. The molecule has 1 amide bonds. The van der Waals surface area contributed by atoms with Crippen LogP contribution in [0.4, 0.5) is 0 Å². The minimum Gasteiger partial charge on any atom is -0.494 e. The summed E-state index contributed by atoms with van der Waals surface area (Å²) in [7, 11) is 1.54. The molecule has 0 radical (unpaired) electrons. The summed E-state index contributed by atoms with van der Waals surface area (Å²) in [6.07, 6.45) is 1.01. The van der Waals surface area contributed by atoms with Crippen LogP contribution in [-0.4, -0.2) is 38.9 Å². The fraction of sp³-hybridized carbons (Fsp3) is 0.409. The molecule has 2 heterocycles. The molecule has 2 aromatic rings. The molecule has 0 fully saturated rings. The molecule has 4 rings (SSSR count). The van der Waals surface area contributed by atoms with E-state index < -0.39 is 0 Å². The SMILES string of the molecule is CCOc1cc2c(cc1CNC(=O)c1cc(OC)c3c(c1)OCCO3)O[C@@H](C)C2. The first-order chi connectivity index (χ1) is 14.1. The number of hydrogen-bond donors (Lipinski definition) is 1. The maximum absolute atomic E-state index is 12.8. The summed E-state index contributed by atoms with van der Waals surface area (Å²) in [5.41, 5.74) is 2.44. The zero-order chi connectivity index (χ0) is 20.4. The standard InChI is InChI=1S/C22H25NO6/c1-4-26-17-8-14-7-13(2)29-18(14)11-16(17)12-23-22(24)15-9-19(25-3)21-20(10-15)27-5-6-28-21/h8-11,13H,4-7,12H2,1-3H3,(H,23,24)/t13-/m0/s1. The van der Waals surface area contributed by atoms with Gasteiger partial charge in [-0.15, -0.1) is 0 Å². The van der Waals surface area contributed by atoms with E-state index in [0.717, 1.165) is 29.0 Å². The van der Waals surface area contributed by atoms with Crippen LogP contribution in [0, 0.1) is 0 Å². The van der Waals surface area contributed by atoms with E-state index >= 15 is 0 Å². The number of carbonyl (C=O) groups excluding carboxylic acids is 1. The molecule has 0 aromatic heterocycles. The van der Waals surface area contributed by atoms with Crippen molar-refractivity contribution < 1.29 is 28.5 Å². The lowest BCUT2D eigenvalue weighted by Gasteiger charge is -2.21. The Labute approximate surface area is 169 Å². The average molecular weight is 399 g/mol. The van der Waals surface area contributed by atoms with E-state index in [1.54, 1.807) is 12.1 Å². The van der Waals surface area contributed by atoms with Gasteiger partial charge in [0.25, 0.3) is 5.91 Å². The molecule has 2 aliphatic heterocycles. The highest BCUT2D eigenvalue weighted by atomic mass is 16.6. The maximum Gasteiger partial charge on any atom is 0.251 e. The molecular formula is C22H25NO6. The first-order valence-corrected chi connectivity index (χ1v) is 9.80. The lowest BCUT2D eigenvalue weighted by molar-refractivity contribution is 0.0948.